The Kier molecular flexibility index (Phi) is 3.67. The second-order valence-electron chi connectivity index (χ2n) is 6.00. The summed E-state index contributed by atoms with van der Waals surface area (Å²) in [7, 11) is 0. The maximum Gasteiger partial charge on any atom is 0.145 e. The third kappa shape index (κ3) is 2.77. The minimum Gasteiger partial charge on any atom is -0.364 e. The average Bonchev–Trinajstić information content (AvgIpc) is 3.01. The normalized spacial score (nSPS) is 21.4. The van der Waals surface area contributed by atoms with Crippen LogP contribution in [0.25, 0.3) is 17.0 Å². The molecule has 1 fully saturated rings. The van der Waals surface area contributed by atoms with Gasteiger partial charge < -0.3 is 10.6 Å². The Hall–Kier alpha value is -2.47. The van der Waals surface area contributed by atoms with E-state index >= 15 is 0 Å². The molecule has 6 heteroatoms. The molecule has 0 aliphatic carbocycles. The van der Waals surface area contributed by atoms with E-state index in [0.717, 1.165) is 35.8 Å². The van der Waals surface area contributed by atoms with Crippen molar-refractivity contribution >= 4 is 11.5 Å². The van der Waals surface area contributed by atoms with Gasteiger partial charge in [-0.15, -0.1) is 0 Å². The van der Waals surface area contributed by atoms with Gasteiger partial charge in [0, 0.05) is 18.3 Å². The fourth-order valence-electron chi connectivity index (χ4n) is 3.11. The number of anilines is 1. The lowest BCUT2D eigenvalue weighted by atomic mass is 10.00. The number of piperidine rings is 1. The molecule has 4 heterocycles. The van der Waals surface area contributed by atoms with Crippen LogP contribution in [0.3, 0.4) is 0 Å². The van der Waals surface area contributed by atoms with Gasteiger partial charge in [-0.25, -0.2) is 9.97 Å². The van der Waals surface area contributed by atoms with E-state index in [1.54, 1.807) is 12.4 Å². The molecule has 4 rings (SSSR count). The highest BCUT2D eigenvalue weighted by Crippen LogP contribution is 2.20. The lowest BCUT2D eigenvalue weighted by molar-refractivity contribution is 0.388. The van der Waals surface area contributed by atoms with Crippen LogP contribution in [0.2, 0.25) is 0 Å². The van der Waals surface area contributed by atoms with Crippen molar-refractivity contribution in [1.29, 1.82) is 0 Å². The third-order valence-electron chi connectivity index (χ3n) is 4.41. The summed E-state index contributed by atoms with van der Waals surface area (Å²) in [5.41, 5.74) is 2.68. The van der Waals surface area contributed by atoms with E-state index in [4.69, 9.17) is 4.98 Å². The molecule has 6 nitrogen and oxygen atoms in total. The zero-order valence-corrected chi connectivity index (χ0v) is 13.1. The third-order valence-corrected chi connectivity index (χ3v) is 4.41. The Morgan fingerprint density at radius 3 is 3.13 bits per heavy atom. The number of nitrogens with zero attached hydrogens (tertiary/aromatic N) is 4. The largest absolute Gasteiger partial charge is 0.364 e. The van der Waals surface area contributed by atoms with E-state index in [1.165, 1.54) is 6.42 Å². The number of aromatic nitrogens is 4. The molecule has 0 saturated carbocycles. The number of hydrogen-bond donors (Lipinski definition) is 2. The molecular weight excluding hydrogens is 288 g/mol. The number of pyridine rings is 1. The molecule has 3 aromatic rings. The van der Waals surface area contributed by atoms with Gasteiger partial charge in [0.15, 0.2) is 0 Å². The maximum absolute atomic E-state index is 4.73. The smallest absolute Gasteiger partial charge is 0.145 e. The van der Waals surface area contributed by atoms with E-state index < -0.39 is 0 Å². The van der Waals surface area contributed by atoms with Gasteiger partial charge in [-0.2, -0.15) is 0 Å². The van der Waals surface area contributed by atoms with Crippen LogP contribution in [0.5, 0.6) is 0 Å². The van der Waals surface area contributed by atoms with E-state index in [2.05, 4.69) is 27.5 Å². The quantitative estimate of drug-likeness (QED) is 0.777. The van der Waals surface area contributed by atoms with E-state index in [-0.39, 0.29) is 0 Å². The Balaban J connectivity index is 1.63. The molecule has 1 aliphatic rings. The Morgan fingerprint density at radius 1 is 1.26 bits per heavy atom. The SMILES string of the molecule is C[C@@H]1NCCC[C@H]1Nc1cncc(-c2cnc3ccccn23)n1. The number of rotatable bonds is 3. The van der Waals surface area contributed by atoms with Crippen molar-refractivity contribution < 1.29 is 0 Å². The lowest BCUT2D eigenvalue weighted by Gasteiger charge is -2.30. The van der Waals surface area contributed by atoms with Crippen LogP contribution in [-0.2, 0) is 0 Å². The van der Waals surface area contributed by atoms with Crippen LogP contribution >= 0.6 is 0 Å². The lowest BCUT2D eigenvalue weighted by Crippen LogP contribution is -2.46. The summed E-state index contributed by atoms with van der Waals surface area (Å²) in [6.45, 7) is 3.30. The molecule has 0 spiro atoms. The number of hydrogen-bond acceptors (Lipinski definition) is 5. The van der Waals surface area contributed by atoms with Crippen molar-refractivity contribution in [2.24, 2.45) is 0 Å². The van der Waals surface area contributed by atoms with Gasteiger partial charge >= 0.3 is 0 Å². The molecule has 0 unspecified atom stereocenters. The van der Waals surface area contributed by atoms with Gasteiger partial charge in [0.1, 0.15) is 17.2 Å². The van der Waals surface area contributed by atoms with Crippen molar-refractivity contribution in [2.75, 3.05) is 11.9 Å². The first-order valence-electron chi connectivity index (χ1n) is 8.06. The summed E-state index contributed by atoms with van der Waals surface area (Å²) < 4.78 is 2.03. The predicted octanol–water partition coefficient (Wildman–Crippen LogP) is 2.34. The minimum absolute atomic E-state index is 0.385. The van der Waals surface area contributed by atoms with E-state index in [9.17, 15) is 0 Å². The molecule has 0 amide bonds. The average molecular weight is 308 g/mol. The highest BCUT2D eigenvalue weighted by molar-refractivity contribution is 5.60. The summed E-state index contributed by atoms with van der Waals surface area (Å²) in [5.74, 6) is 0.814. The number of fused-ring (bicyclic) bond motifs is 1. The molecule has 3 aromatic heterocycles. The van der Waals surface area contributed by atoms with Gasteiger partial charge in [0.25, 0.3) is 0 Å². The van der Waals surface area contributed by atoms with Gasteiger partial charge in [-0.3, -0.25) is 9.38 Å². The molecular formula is C17H20N6. The highest BCUT2D eigenvalue weighted by atomic mass is 15.1. The summed E-state index contributed by atoms with van der Waals surface area (Å²) in [4.78, 5) is 13.5. The summed E-state index contributed by atoms with van der Waals surface area (Å²) in [6.07, 6.45) is 9.73. The van der Waals surface area contributed by atoms with Gasteiger partial charge in [0.05, 0.1) is 24.3 Å². The molecule has 2 atom stereocenters. The Bertz CT molecular complexity index is 811. The fourth-order valence-corrected chi connectivity index (χ4v) is 3.11. The summed E-state index contributed by atoms with van der Waals surface area (Å²) in [6, 6.07) is 6.77. The van der Waals surface area contributed by atoms with Gasteiger partial charge in [0.2, 0.25) is 0 Å². The molecule has 23 heavy (non-hydrogen) atoms. The molecule has 118 valence electrons. The van der Waals surface area contributed by atoms with Crippen LogP contribution in [0.15, 0.2) is 43.0 Å². The highest BCUT2D eigenvalue weighted by Gasteiger charge is 2.21. The molecule has 0 bridgehead atoms. The number of imidazole rings is 1. The Labute approximate surface area is 135 Å². The molecule has 1 saturated heterocycles. The molecule has 2 N–H and O–H groups in total. The van der Waals surface area contributed by atoms with Crippen molar-refractivity contribution in [2.45, 2.75) is 31.8 Å². The summed E-state index contributed by atoms with van der Waals surface area (Å²) >= 11 is 0. The topological polar surface area (TPSA) is 67.1 Å². The Morgan fingerprint density at radius 2 is 2.22 bits per heavy atom. The van der Waals surface area contributed by atoms with Crippen LogP contribution < -0.4 is 10.6 Å². The van der Waals surface area contributed by atoms with Gasteiger partial charge in [-0.1, -0.05) is 6.07 Å². The van der Waals surface area contributed by atoms with Crippen molar-refractivity contribution in [3.8, 4) is 11.4 Å². The summed E-state index contributed by atoms with van der Waals surface area (Å²) in [5, 5.41) is 7.01. The van der Waals surface area contributed by atoms with Crippen molar-refractivity contribution in [3.05, 3.63) is 43.0 Å². The van der Waals surface area contributed by atoms with Crippen molar-refractivity contribution in [1.82, 2.24) is 24.7 Å². The zero-order valence-electron chi connectivity index (χ0n) is 13.1. The second kappa shape index (κ2) is 5.96. The molecule has 1 aliphatic heterocycles. The predicted molar refractivity (Wildman–Crippen MR) is 90.3 cm³/mol. The minimum atomic E-state index is 0.385. The standard InChI is InChI=1S/C17H20N6/c1-12-13(5-4-7-19-12)21-16-11-18-9-14(22-16)15-10-20-17-6-2-3-8-23(15)17/h2-3,6,8-13,19H,4-5,7H2,1H3,(H,21,22)/t12-,13+/m0/s1. The van der Waals surface area contributed by atoms with Crippen LogP contribution in [0.4, 0.5) is 5.82 Å². The number of nitrogens with one attached hydrogen (secondary N) is 2. The first kappa shape index (κ1) is 14.1. The first-order valence-corrected chi connectivity index (χ1v) is 8.06. The van der Waals surface area contributed by atoms with Gasteiger partial charge in [-0.05, 0) is 38.4 Å². The van der Waals surface area contributed by atoms with E-state index in [0.29, 0.717) is 12.1 Å². The molecule has 0 aromatic carbocycles. The van der Waals surface area contributed by atoms with Crippen LogP contribution in [0.1, 0.15) is 19.8 Å². The molecule has 0 radical (unpaired) electrons. The van der Waals surface area contributed by atoms with E-state index in [1.807, 2.05) is 35.0 Å². The fraction of sp³-hybridized carbons (Fsp3) is 0.353. The first-order chi connectivity index (χ1) is 11.3. The second-order valence-corrected chi connectivity index (χ2v) is 6.00. The maximum atomic E-state index is 4.73. The monoisotopic (exact) mass is 308 g/mol. The van der Waals surface area contributed by atoms with Crippen LogP contribution in [0, 0.1) is 0 Å². The van der Waals surface area contributed by atoms with Crippen molar-refractivity contribution in [3.63, 3.8) is 0 Å². The van der Waals surface area contributed by atoms with Crippen LogP contribution in [-0.4, -0.2) is 38.0 Å². The zero-order chi connectivity index (χ0) is 15.6.